The molecular weight excluding hydrogens is 218 g/mol. The van der Waals surface area contributed by atoms with Crippen molar-refractivity contribution in [1.29, 1.82) is 0 Å². The average Bonchev–Trinajstić information content (AvgIpc) is 2.45. The maximum atomic E-state index is 4.44. The van der Waals surface area contributed by atoms with Crippen LogP contribution in [-0.4, -0.2) is 4.98 Å². The monoisotopic (exact) mass is 229 g/mol. The van der Waals surface area contributed by atoms with Gasteiger partial charge < -0.3 is 0 Å². The average molecular weight is 229 g/mol. The summed E-state index contributed by atoms with van der Waals surface area (Å²) in [6.45, 7) is 0. The zero-order chi connectivity index (χ0) is 11.9. The van der Waals surface area contributed by atoms with Gasteiger partial charge in [-0.2, -0.15) is 0 Å². The van der Waals surface area contributed by atoms with Gasteiger partial charge in [0.05, 0.1) is 5.52 Å². The molecule has 1 heterocycles. The highest BCUT2D eigenvalue weighted by Crippen LogP contribution is 2.28. The Labute approximate surface area is 105 Å². The topological polar surface area (TPSA) is 12.9 Å². The van der Waals surface area contributed by atoms with Gasteiger partial charge in [0.1, 0.15) is 0 Å². The van der Waals surface area contributed by atoms with Crippen molar-refractivity contribution < 1.29 is 0 Å². The van der Waals surface area contributed by atoms with Crippen LogP contribution in [0.25, 0.3) is 32.4 Å². The van der Waals surface area contributed by atoms with Crippen molar-refractivity contribution in [2.45, 2.75) is 0 Å². The van der Waals surface area contributed by atoms with E-state index in [0.29, 0.717) is 0 Å². The summed E-state index contributed by atoms with van der Waals surface area (Å²) >= 11 is 0. The SMILES string of the molecule is c1cnc2cc3c(ccc4ccccc43)cc2c1. The van der Waals surface area contributed by atoms with E-state index in [1.807, 2.05) is 12.3 Å². The van der Waals surface area contributed by atoms with Gasteiger partial charge in [-0.05, 0) is 39.7 Å². The normalized spacial score (nSPS) is 11.3. The molecule has 84 valence electrons. The third-order valence-electron chi connectivity index (χ3n) is 3.47. The molecule has 0 saturated carbocycles. The fraction of sp³-hybridized carbons (Fsp3) is 0. The van der Waals surface area contributed by atoms with Crippen LogP contribution in [0.1, 0.15) is 0 Å². The highest BCUT2D eigenvalue weighted by molar-refractivity contribution is 6.11. The molecule has 18 heavy (non-hydrogen) atoms. The zero-order valence-electron chi connectivity index (χ0n) is 9.80. The van der Waals surface area contributed by atoms with Crippen molar-refractivity contribution in [3.63, 3.8) is 0 Å². The van der Waals surface area contributed by atoms with E-state index in [4.69, 9.17) is 0 Å². The molecule has 0 aliphatic rings. The van der Waals surface area contributed by atoms with Crippen LogP contribution in [0.15, 0.2) is 66.9 Å². The Bertz CT molecular complexity index is 872. The van der Waals surface area contributed by atoms with E-state index < -0.39 is 0 Å². The second-order valence-corrected chi connectivity index (χ2v) is 4.56. The lowest BCUT2D eigenvalue weighted by Crippen LogP contribution is -1.81. The van der Waals surface area contributed by atoms with Crippen molar-refractivity contribution in [3.8, 4) is 0 Å². The predicted molar refractivity (Wildman–Crippen MR) is 76.8 cm³/mol. The highest BCUT2D eigenvalue weighted by atomic mass is 14.6. The quantitative estimate of drug-likeness (QED) is 0.318. The molecule has 0 aliphatic heterocycles. The Balaban J connectivity index is 2.27. The van der Waals surface area contributed by atoms with Gasteiger partial charge in [0.2, 0.25) is 0 Å². The molecule has 3 aromatic carbocycles. The Kier molecular flexibility index (Phi) is 1.89. The summed E-state index contributed by atoms with van der Waals surface area (Å²) in [6, 6.07) is 21.3. The van der Waals surface area contributed by atoms with Gasteiger partial charge in [0, 0.05) is 11.6 Å². The minimum Gasteiger partial charge on any atom is -0.256 e. The molecule has 0 atom stereocenters. The van der Waals surface area contributed by atoms with E-state index in [2.05, 4.69) is 59.6 Å². The predicted octanol–water partition coefficient (Wildman–Crippen LogP) is 4.54. The van der Waals surface area contributed by atoms with Crippen molar-refractivity contribution >= 4 is 32.4 Å². The third kappa shape index (κ3) is 1.31. The molecule has 1 nitrogen and oxygen atoms in total. The standard InChI is InChI=1S/C17H11N/c1-2-6-15-12(4-1)7-8-13-10-14-5-3-9-18-17(14)11-16(13)15/h1-11H. The maximum absolute atomic E-state index is 4.44. The summed E-state index contributed by atoms with van der Waals surface area (Å²) in [6.07, 6.45) is 1.85. The first-order valence-corrected chi connectivity index (χ1v) is 6.08. The second-order valence-electron chi connectivity index (χ2n) is 4.56. The highest BCUT2D eigenvalue weighted by Gasteiger charge is 2.02. The lowest BCUT2D eigenvalue weighted by atomic mass is 10.0. The number of benzene rings is 3. The molecular formula is C17H11N. The Morgan fingerprint density at radius 2 is 1.44 bits per heavy atom. The zero-order valence-corrected chi connectivity index (χ0v) is 9.80. The summed E-state index contributed by atoms with van der Waals surface area (Å²) in [5.41, 5.74) is 1.06. The Morgan fingerprint density at radius 3 is 2.44 bits per heavy atom. The fourth-order valence-electron chi connectivity index (χ4n) is 2.58. The van der Waals surface area contributed by atoms with Crippen LogP contribution in [0.5, 0.6) is 0 Å². The molecule has 0 unspecified atom stereocenters. The van der Waals surface area contributed by atoms with Gasteiger partial charge >= 0.3 is 0 Å². The van der Waals surface area contributed by atoms with E-state index in [-0.39, 0.29) is 0 Å². The summed E-state index contributed by atoms with van der Waals surface area (Å²) in [5, 5.41) is 6.32. The number of fused-ring (bicyclic) bond motifs is 4. The van der Waals surface area contributed by atoms with Crippen LogP contribution in [-0.2, 0) is 0 Å². The molecule has 4 aromatic rings. The number of hydrogen-bond donors (Lipinski definition) is 0. The van der Waals surface area contributed by atoms with E-state index in [0.717, 1.165) is 5.52 Å². The van der Waals surface area contributed by atoms with Gasteiger partial charge in [0.15, 0.2) is 0 Å². The van der Waals surface area contributed by atoms with E-state index in [1.54, 1.807) is 0 Å². The fourth-order valence-corrected chi connectivity index (χ4v) is 2.58. The molecule has 0 saturated heterocycles. The number of aromatic nitrogens is 1. The first-order valence-electron chi connectivity index (χ1n) is 6.08. The van der Waals surface area contributed by atoms with Crippen LogP contribution < -0.4 is 0 Å². The molecule has 4 rings (SSSR count). The van der Waals surface area contributed by atoms with E-state index in [9.17, 15) is 0 Å². The van der Waals surface area contributed by atoms with E-state index in [1.165, 1.54) is 26.9 Å². The largest absolute Gasteiger partial charge is 0.256 e. The van der Waals surface area contributed by atoms with Crippen molar-refractivity contribution in [3.05, 3.63) is 66.9 Å². The third-order valence-corrected chi connectivity index (χ3v) is 3.47. The van der Waals surface area contributed by atoms with Gasteiger partial charge in [-0.15, -0.1) is 0 Å². The summed E-state index contributed by atoms with van der Waals surface area (Å²) < 4.78 is 0. The van der Waals surface area contributed by atoms with Crippen LogP contribution >= 0.6 is 0 Å². The van der Waals surface area contributed by atoms with Crippen LogP contribution in [0.4, 0.5) is 0 Å². The lowest BCUT2D eigenvalue weighted by molar-refractivity contribution is 1.42. The molecule has 0 aliphatic carbocycles. The minimum absolute atomic E-state index is 1.06. The number of hydrogen-bond acceptors (Lipinski definition) is 1. The smallest absolute Gasteiger partial charge is 0.0708 e. The lowest BCUT2D eigenvalue weighted by Gasteiger charge is -2.05. The summed E-state index contributed by atoms with van der Waals surface area (Å²) in [4.78, 5) is 4.44. The second kappa shape index (κ2) is 3.54. The van der Waals surface area contributed by atoms with E-state index >= 15 is 0 Å². The Morgan fingerprint density at radius 1 is 0.611 bits per heavy atom. The minimum atomic E-state index is 1.06. The van der Waals surface area contributed by atoms with Gasteiger partial charge in [0.25, 0.3) is 0 Å². The maximum Gasteiger partial charge on any atom is 0.0708 e. The summed E-state index contributed by atoms with van der Waals surface area (Å²) in [7, 11) is 0. The molecule has 0 amide bonds. The first-order chi connectivity index (χ1) is 8.92. The van der Waals surface area contributed by atoms with Gasteiger partial charge in [-0.25, -0.2) is 0 Å². The summed E-state index contributed by atoms with van der Waals surface area (Å²) in [5.74, 6) is 0. The van der Waals surface area contributed by atoms with Crippen molar-refractivity contribution in [2.75, 3.05) is 0 Å². The van der Waals surface area contributed by atoms with Crippen LogP contribution in [0.2, 0.25) is 0 Å². The molecule has 0 fully saturated rings. The molecule has 1 aromatic heterocycles. The van der Waals surface area contributed by atoms with Crippen molar-refractivity contribution in [1.82, 2.24) is 4.98 Å². The number of nitrogens with zero attached hydrogens (tertiary/aromatic N) is 1. The van der Waals surface area contributed by atoms with Gasteiger partial charge in [-0.3, -0.25) is 4.98 Å². The molecule has 0 radical (unpaired) electrons. The van der Waals surface area contributed by atoms with Crippen LogP contribution in [0.3, 0.4) is 0 Å². The first kappa shape index (κ1) is 9.60. The van der Waals surface area contributed by atoms with Crippen LogP contribution in [0, 0.1) is 0 Å². The molecule has 0 spiro atoms. The van der Waals surface area contributed by atoms with Gasteiger partial charge in [-0.1, -0.05) is 42.5 Å². The molecule has 1 heteroatoms. The number of rotatable bonds is 0. The molecule has 0 bridgehead atoms. The van der Waals surface area contributed by atoms with Crippen molar-refractivity contribution in [2.24, 2.45) is 0 Å². The Hall–Kier alpha value is -2.41. The number of pyridine rings is 1. The molecule has 0 N–H and O–H groups in total.